The topological polar surface area (TPSA) is 61.1 Å². The number of aromatic nitrogens is 1. The third-order valence-electron chi connectivity index (χ3n) is 8.16. The lowest BCUT2D eigenvalue weighted by Crippen LogP contribution is -2.37. The fraction of sp³-hybridized carbons (Fsp3) is 0.429. The molecular weight excluding hydrogens is 408 g/mol. The molecule has 2 aromatic carbocycles. The lowest BCUT2D eigenvalue weighted by atomic mass is 9.68. The van der Waals surface area contributed by atoms with Gasteiger partial charge in [-0.15, -0.1) is 0 Å². The largest absolute Gasteiger partial charge is 0.329 e. The van der Waals surface area contributed by atoms with Gasteiger partial charge in [-0.25, -0.2) is 0 Å². The molecular formula is C28H30N4O. The van der Waals surface area contributed by atoms with Gasteiger partial charge in [-0.2, -0.15) is 5.26 Å². The van der Waals surface area contributed by atoms with E-state index in [9.17, 15) is 10.1 Å². The van der Waals surface area contributed by atoms with Gasteiger partial charge in [-0.3, -0.25) is 9.69 Å². The number of unbranched alkanes of at least 4 members (excludes halogenated alkanes) is 1. The molecule has 1 amide bonds. The maximum atomic E-state index is 13.0. The monoisotopic (exact) mass is 438 g/mol. The number of rotatable bonds is 6. The zero-order chi connectivity index (χ0) is 22.4. The van der Waals surface area contributed by atoms with E-state index in [1.54, 1.807) is 0 Å². The minimum absolute atomic E-state index is 0.216. The molecule has 1 aromatic heterocycles. The van der Waals surface area contributed by atoms with E-state index in [0.29, 0.717) is 6.54 Å². The Balaban J connectivity index is 1.14. The molecule has 0 saturated carbocycles. The minimum atomic E-state index is -0.307. The van der Waals surface area contributed by atoms with E-state index in [2.05, 4.69) is 63.3 Å². The van der Waals surface area contributed by atoms with Gasteiger partial charge < -0.3 is 9.88 Å². The van der Waals surface area contributed by atoms with E-state index >= 15 is 0 Å². The summed E-state index contributed by atoms with van der Waals surface area (Å²) in [5, 5.41) is 13.9. The molecule has 0 fully saturated rings. The summed E-state index contributed by atoms with van der Waals surface area (Å²) in [6, 6.07) is 17.2. The normalized spacial score (nSPS) is 21.5. The number of nitrogens with one attached hydrogen (secondary N) is 1. The van der Waals surface area contributed by atoms with Crippen LogP contribution in [0.1, 0.15) is 54.5 Å². The molecule has 1 atom stereocenters. The Labute approximate surface area is 195 Å². The van der Waals surface area contributed by atoms with Crippen molar-refractivity contribution in [2.75, 3.05) is 18.4 Å². The molecule has 0 radical (unpaired) electrons. The van der Waals surface area contributed by atoms with E-state index in [0.717, 1.165) is 70.3 Å². The molecule has 3 heterocycles. The first kappa shape index (κ1) is 20.5. The average Bonchev–Trinajstić information content (AvgIpc) is 3.31. The zero-order valence-corrected chi connectivity index (χ0v) is 19.1. The highest BCUT2D eigenvalue weighted by Gasteiger charge is 2.48. The van der Waals surface area contributed by atoms with Crippen LogP contribution in [-0.2, 0) is 36.1 Å². The minimum Gasteiger partial charge on any atom is -0.329 e. The molecule has 0 saturated heterocycles. The van der Waals surface area contributed by atoms with Crippen LogP contribution in [0.15, 0.2) is 42.5 Å². The Hall–Kier alpha value is -3.10. The first-order valence-corrected chi connectivity index (χ1v) is 12.3. The molecule has 1 aliphatic carbocycles. The summed E-state index contributed by atoms with van der Waals surface area (Å²) in [6.45, 7) is 3.42. The van der Waals surface area contributed by atoms with Crippen LogP contribution in [0.4, 0.5) is 5.69 Å². The number of carbonyl (C=O) groups excluding carboxylic acids is 1. The molecule has 5 nitrogen and oxygen atoms in total. The molecule has 168 valence electrons. The average molecular weight is 439 g/mol. The van der Waals surface area contributed by atoms with Crippen molar-refractivity contribution >= 4 is 22.5 Å². The molecule has 0 bridgehead atoms. The van der Waals surface area contributed by atoms with Gasteiger partial charge in [0.15, 0.2) is 0 Å². The quantitative estimate of drug-likeness (QED) is 0.556. The molecule has 3 aliphatic rings. The fourth-order valence-electron chi connectivity index (χ4n) is 6.67. The van der Waals surface area contributed by atoms with Gasteiger partial charge in [-0.05, 0) is 73.9 Å². The molecule has 2 aliphatic heterocycles. The van der Waals surface area contributed by atoms with E-state index < -0.39 is 0 Å². The molecule has 33 heavy (non-hydrogen) atoms. The summed E-state index contributed by atoms with van der Waals surface area (Å²) in [6.07, 6.45) is 7.30. The number of aryl methyl sites for hydroxylation is 1. The maximum absolute atomic E-state index is 13.0. The summed E-state index contributed by atoms with van der Waals surface area (Å²) in [4.78, 5) is 15.6. The van der Waals surface area contributed by atoms with Gasteiger partial charge >= 0.3 is 0 Å². The standard InChI is InChI=1S/C28H30N4O/c29-15-18-32-24-11-2-1-9-21(24)22-12-17-31(19-25(22)32)16-4-3-13-28-14-6-8-20-7-5-10-23(26(20)28)30-27(28)33/h1-2,5,7,9-11H,3-4,6,8,12-14,16-19H2,(H,30,33). The van der Waals surface area contributed by atoms with Gasteiger partial charge in [0.25, 0.3) is 0 Å². The van der Waals surface area contributed by atoms with Crippen molar-refractivity contribution < 1.29 is 4.79 Å². The second-order valence-electron chi connectivity index (χ2n) is 9.90. The Morgan fingerprint density at radius 3 is 2.91 bits per heavy atom. The van der Waals surface area contributed by atoms with Crippen LogP contribution >= 0.6 is 0 Å². The van der Waals surface area contributed by atoms with E-state index in [-0.39, 0.29) is 11.3 Å². The Kier molecular flexibility index (Phi) is 4.99. The van der Waals surface area contributed by atoms with E-state index in [1.807, 2.05) is 0 Å². The van der Waals surface area contributed by atoms with Crippen LogP contribution in [0.2, 0.25) is 0 Å². The highest BCUT2D eigenvalue weighted by atomic mass is 16.2. The van der Waals surface area contributed by atoms with Crippen LogP contribution in [0.25, 0.3) is 10.9 Å². The molecule has 1 unspecified atom stereocenters. The van der Waals surface area contributed by atoms with Crippen LogP contribution in [0, 0.1) is 11.3 Å². The summed E-state index contributed by atoms with van der Waals surface area (Å²) in [5.41, 5.74) is 7.32. The van der Waals surface area contributed by atoms with Crippen LogP contribution in [0.5, 0.6) is 0 Å². The van der Waals surface area contributed by atoms with E-state index in [1.165, 1.54) is 33.3 Å². The number of nitriles is 1. The fourth-order valence-corrected chi connectivity index (χ4v) is 6.67. The predicted octanol–water partition coefficient (Wildman–Crippen LogP) is 4.92. The highest BCUT2D eigenvalue weighted by Crippen LogP contribution is 2.49. The molecule has 5 heteroatoms. The second-order valence-corrected chi connectivity index (χ2v) is 9.90. The number of hydrogen-bond acceptors (Lipinski definition) is 3. The van der Waals surface area contributed by atoms with Crippen molar-refractivity contribution in [3.63, 3.8) is 0 Å². The summed E-state index contributed by atoms with van der Waals surface area (Å²) in [5.74, 6) is 0.216. The molecule has 6 rings (SSSR count). The van der Waals surface area contributed by atoms with Crippen molar-refractivity contribution in [1.82, 2.24) is 9.47 Å². The smallest absolute Gasteiger partial charge is 0.235 e. The van der Waals surface area contributed by atoms with Crippen molar-refractivity contribution in [2.24, 2.45) is 0 Å². The number of fused-ring (bicyclic) bond motifs is 3. The van der Waals surface area contributed by atoms with Gasteiger partial charge in [0.05, 0.1) is 11.5 Å². The zero-order valence-electron chi connectivity index (χ0n) is 19.1. The first-order valence-electron chi connectivity index (χ1n) is 12.3. The lowest BCUT2D eigenvalue weighted by Gasteiger charge is -2.33. The second kappa shape index (κ2) is 8.04. The molecule has 0 spiro atoms. The third kappa shape index (κ3) is 3.20. The Morgan fingerprint density at radius 1 is 1.09 bits per heavy atom. The van der Waals surface area contributed by atoms with Crippen molar-refractivity contribution in [1.29, 1.82) is 5.26 Å². The summed E-state index contributed by atoms with van der Waals surface area (Å²) in [7, 11) is 0. The van der Waals surface area contributed by atoms with Crippen molar-refractivity contribution in [3.8, 4) is 6.07 Å². The summed E-state index contributed by atoms with van der Waals surface area (Å²) < 4.78 is 2.21. The van der Waals surface area contributed by atoms with Crippen molar-refractivity contribution in [3.05, 3.63) is 64.8 Å². The number of benzene rings is 2. The predicted molar refractivity (Wildman–Crippen MR) is 130 cm³/mol. The Bertz CT molecular complexity index is 1280. The molecule has 1 N–H and O–H groups in total. The third-order valence-corrected chi connectivity index (χ3v) is 8.16. The van der Waals surface area contributed by atoms with Crippen LogP contribution < -0.4 is 5.32 Å². The van der Waals surface area contributed by atoms with Gasteiger partial charge in [0.1, 0.15) is 6.54 Å². The maximum Gasteiger partial charge on any atom is 0.235 e. The number of nitrogens with zero attached hydrogens (tertiary/aromatic N) is 3. The van der Waals surface area contributed by atoms with Crippen molar-refractivity contribution in [2.45, 2.75) is 63.5 Å². The number of amides is 1. The lowest BCUT2D eigenvalue weighted by molar-refractivity contribution is -0.121. The number of hydrogen-bond donors (Lipinski definition) is 1. The van der Waals surface area contributed by atoms with Gasteiger partial charge in [-0.1, -0.05) is 36.8 Å². The molecule has 3 aromatic rings. The van der Waals surface area contributed by atoms with Crippen LogP contribution in [-0.4, -0.2) is 28.5 Å². The first-order chi connectivity index (χ1) is 16.2. The van der Waals surface area contributed by atoms with Crippen LogP contribution in [0.3, 0.4) is 0 Å². The number of carbonyl (C=O) groups is 1. The Morgan fingerprint density at radius 2 is 2.00 bits per heavy atom. The van der Waals surface area contributed by atoms with Gasteiger partial charge in [0, 0.05) is 35.4 Å². The van der Waals surface area contributed by atoms with E-state index in [4.69, 9.17) is 0 Å². The number of para-hydroxylation sites is 1. The number of anilines is 1. The highest BCUT2D eigenvalue weighted by molar-refractivity contribution is 6.07. The summed E-state index contributed by atoms with van der Waals surface area (Å²) >= 11 is 0. The van der Waals surface area contributed by atoms with Gasteiger partial charge in [0.2, 0.25) is 5.91 Å². The SMILES string of the molecule is N#CCn1c2c(c3ccccc31)CCN(CCCCC13CCCc4cccc(c41)NC3=O)C2.